The van der Waals surface area contributed by atoms with Crippen LogP contribution in [0.1, 0.15) is 25.6 Å². The molecule has 3 heterocycles. The zero-order chi connectivity index (χ0) is 26.0. The van der Waals surface area contributed by atoms with Gasteiger partial charge in [-0.2, -0.15) is 5.10 Å². The van der Waals surface area contributed by atoms with Crippen molar-refractivity contribution in [3.05, 3.63) is 54.6 Å². The first-order valence-corrected chi connectivity index (χ1v) is 12.4. The summed E-state index contributed by atoms with van der Waals surface area (Å²) in [5.41, 5.74) is 0.983. The second-order valence-electron chi connectivity index (χ2n) is 8.00. The van der Waals surface area contributed by atoms with Crippen LogP contribution >= 0.6 is 0 Å². The minimum atomic E-state index is -4.05. The molecule has 0 saturated carbocycles. The van der Waals surface area contributed by atoms with E-state index in [0.29, 0.717) is 28.6 Å². The van der Waals surface area contributed by atoms with Crippen LogP contribution < -0.4 is 14.2 Å². The maximum Gasteiger partial charge on any atom is 0.243 e. The summed E-state index contributed by atoms with van der Waals surface area (Å²) in [6.07, 6.45) is 5.29. The number of halogens is 1. The third-order valence-electron chi connectivity index (χ3n) is 5.73. The quantitative estimate of drug-likeness (QED) is 0.355. The van der Waals surface area contributed by atoms with Gasteiger partial charge in [-0.05, 0) is 19.1 Å². The van der Waals surface area contributed by atoms with Gasteiger partial charge >= 0.3 is 0 Å². The molecule has 190 valence electrons. The zero-order valence-electron chi connectivity index (χ0n) is 20.2. The Bertz CT molecular complexity index is 1450. The van der Waals surface area contributed by atoms with Crippen molar-refractivity contribution in [2.24, 2.45) is 7.05 Å². The van der Waals surface area contributed by atoms with Crippen LogP contribution in [0.4, 0.5) is 10.3 Å². The van der Waals surface area contributed by atoms with Crippen molar-refractivity contribution in [1.29, 1.82) is 0 Å². The second-order valence-corrected chi connectivity index (χ2v) is 10.0. The molecule has 0 saturated heterocycles. The third-order valence-corrected chi connectivity index (χ3v) is 7.58. The van der Waals surface area contributed by atoms with E-state index in [4.69, 9.17) is 9.47 Å². The number of hydrogen-bond donors (Lipinski definition) is 1. The Labute approximate surface area is 207 Å². The molecular formula is C22H25FN8O4S. The van der Waals surface area contributed by atoms with Crippen molar-refractivity contribution in [3.63, 3.8) is 0 Å². The minimum absolute atomic E-state index is 0.0873. The Hall–Kier alpha value is -4.07. The molecule has 1 aromatic carbocycles. The highest BCUT2D eigenvalue weighted by Crippen LogP contribution is 2.38. The highest BCUT2D eigenvalue weighted by Gasteiger charge is 2.32. The lowest BCUT2D eigenvalue weighted by Crippen LogP contribution is -2.31. The Morgan fingerprint density at radius 2 is 1.67 bits per heavy atom. The lowest BCUT2D eigenvalue weighted by molar-refractivity contribution is 0.391. The van der Waals surface area contributed by atoms with Gasteiger partial charge in [-0.25, -0.2) is 22.8 Å². The largest absolute Gasteiger partial charge is 0.494 e. The van der Waals surface area contributed by atoms with E-state index in [1.165, 1.54) is 25.7 Å². The van der Waals surface area contributed by atoms with Gasteiger partial charge in [0.15, 0.2) is 11.6 Å². The molecule has 0 spiro atoms. The molecule has 0 amide bonds. The highest BCUT2D eigenvalue weighted by atomic mass is 32.2. The molecule has 1 N–H and O–H groups in total. The number of nitrogens with one attached hydrogen (secondary N) is 1. The lowest BCUT2D eigenvalue weighted by Gasteiger charge is -2.21. The summed E-state index contributed by atoms with van der Waals surface area (Å²) >= 11 is 0. The van der Waals surface area contributed by atoms with Crippen molar-refractivity contribution in [2.75, 3.05) is 18.9 Å². The number of ether oxygens (including phenoxy) is 2. The van der Waals surface area contributed by atoms with E-state index in [9.17, 15) is 12.8 Å². The molecule has 0 fully saturated rings. The predicted octanol–water partition coefficient (Wildman–Crippen LogP) is 2.55. The molecule has 0 aliphatic carbocycles. The predicted molar refractivity (Wildman–Crippen MR) is 129 cm³/mol. The van der Waals surface area contributed by atoms with Crippen LogP contribution in [0.5, 0.6) is 11.5 Å². The van der Waals surface area contributed by atoms with Crippen LogP contribution in [-0.4, -0.2) is 62.4 Å². The Morgan fingerprint density at radius 1 is 1.03 bits per heavy atom. The molecule has 0 unspecified atom stereocenters. The molecule has 4 aromatic rings. The molecule has 36 heavy (non-hydrogen) atoms. The van der Waals surface area contributed by atoms with Gasteiger partial charge in [0.1, 0.15) is 23.0 Å². The number of para-hydroxylation sites is 1. The molecule has 3 aromatic heterocycles. The summed E-state index contributed by atoms with van der Waals surface area (Å²) in [6, 6.07) is 5.16. The first-order valence-electron chi connectivity index (χ1n) is 10.8. The summed E-state index contributed by atoms with van der Waals surface area (Å²) in [5.74, 6) is -0.0405. The standard InChI is InChI=1S/C22H25FN8O4S/c1-13(20-24-10-16(23)11-25-20)14(2)36(32,33)29-22-28-27-21(15-9-26-30(3)12-15)31(22)19-17(34-4)7-6-8-18(19)35-5/h6-14H,1-5H3,(H,28,29)/t13-,14-/m0/s1. The van der Waals surface area contributed by atoms with E-state index < -0.39 is 27.0 Å². The molecule has 14 heteroatoms. The van der Waals surface area contributed by atoms with E-state index >= 15 is 0 Å². The van der Waals surface area contributed by atoms with Gasteiger partial charge in [0.25, 0.3) is 0 Å². The van der Waals surface area contributed by atoms with Crippen molar-refractivity contribution < 1.29 is 22.3 Å². The number of rotatable bonds is 9. The van der Waals surface area contributed by atoms with Gasteiger partial charge in [-0.15, -0.1) is 10.2 Å². The van der Waals surface area contributed by atoms with E-state index in [1.807, 2.05) is 0 Å². The van der Waals surface area contributed by atoms with Crippen molar-refractivity contribution >= 4 is 16.0 Å². The monoisotopic (exact) mass is 516 g/mol. The van der Waals surface area contributed by atoms with Gasteiger partial charge in [-0.3, -0.25) is 14.0 Å². The van der Waals surface area contributed by atoms with E-state index in [0.717, 1.165) is 12.4 Å². The van der Waals surface area contributed by atoms with Gasteiger partial charge in [-0.1, -0.05) is 13.0 Å². The summed E-state index contributed by atoms with van der Waals surface area (Å²) in [6.45, 7) is 3.15. The number of hydrogen-bond acceptors (Lipinski definition) is 9. The summed E-state index contributed by atoms with van der Waals surface area (Å²) < 4.78 is 56.8. The minimum Gasteiger partial charge on any atom is -0.494 e. The molecular weight excluding hydrogens is 491 g/mol. The molecule has 0 radical (unpaired) electrons. The summed E-state index contributed by atoms with van der Waals surface area (Å²) in [5, 5.41) is 11.5. The van der Waals surface area contributed by atoms with Crippen LogP contribution in [-0.2, 0) is 17.1 Å². The molecule has 0 aliphatic rings. The van der Waals surface area contributed by atoms with Crippen LogP contribution in [0.3, 0.4) is 0 Å². The Balaban J connectivity index is 1.81. The van der Waals surface area contributed by atoms with Crippen LogP contribution in [0.2, 0.25) is 0 Å². The number of benzene rings is 1. The van der Waals surface area contributed by atoms with Crippen molar-refractivity contribution in [2.45, 2.75) is 25.0 Å². The molecule has 4 rings (SSSR count). The van der Waals surface area contributed by atoms with E-state index in [2.05, 4.69) is 30.0 Å². The first kappa shape index (κ1) is 25.0. The van der Waals surface area contributed by atoms with Crippen molar-refractivity contribution in [1.82, 2.24) is 34.5 Å². The zero-order valence-corrected chi connectivity index (χ0v) is 21.1. The van der Waals surface area contributed by atoms with E-state index in [-0.39, 0.29) is 11.8 Å². The molecule has 2 atom stereocenters. The molecule has 0 aliphatic heterocycles. The first-order chi connectivity index (χ1) is 17.2. The smallest absolute Gasteiger partial charge is 0.243 e. The fourth-order valence-corrected chi connectivity index (χ4v) is 4.83. The number of nitrogens with zero attached hydrogens (tertiary/aromatic N) is 7. The van der Waals surface area contributed by atoms with Gasteiger partial charge in [0.05, 0.1) is 43.6 Å². The lowest BCUT2D eigenvalue weighted by atomic mass is 10.1. The van der Waals surface area contributed by atoms with Crippen LogP contribution in [0.15, 0.2) is 43.0 Å². The third kappa shape index (κ3) is 4.71. The Morgan fingerprint density at radius 3 is 2.22 bits per heavy atom. The average Bonchev–Trinajstić information content (AvgIpc) is 3.48. The van der Waals surface area contributed by atoms with E-state index in [1.54, 1.807) is 49.2 Å². The van der Waals surface area contributed by atoms with Gasteiger partial charge in [0, 0.05) is 19.2 Å². The average molecular weight is 517 g/mol. The highest BCUT2D eigenvalue weighted by molar-refractivity contribution is 7.93. The van der Waals surface area contributed by atoms with Crippen LogP contribution in [0, 0.1) is 5.82 Å². The number of sulfonamides is 1. The maximum atomic E-state index is 13.4. The number of methoxy groups -OCH3 is 2. The fourth-order valence-electron chi connectivity index (χ4n) is 3.59. The normalized spacial score (nSPS) is 13.3. The maximum absolute atomic E-state index is 13.4. The molecule has 0 bridgehead atoms. The topological polar surface area (TPSA) is 139 Å². The number of aromatic nitrogens is 7. The van der Waals surface area contributed by atoms with Gasteiger partial charge in [0.2, 0.25) is 16.0 Å². The van der Waals surface area contributed by atoms with Gasteiger partial charge < -0.3 is 9.47 Å². The summed E-state index contributed by atoms with van der Waals surface area (Å²) in [4.78, 5) is 7.85. The molecule has 12 nitrogen and oxygen atoms in total. The summed E-state index contributed by atoms with van der Waals surface area (Å²) in [7, 11) is 0.672. The SMILES string of the molecule is COc1cccc(OC)c1-n1c(NS(=O)(=O)[C@@H](C)[C@H](C)c2ncc(F)cn2)nnc1-c1cnn(C)c1. The number of aryl methyl sites for hydroxylation is 1. The fraction of sp³-hybridized carbons (Fsp3) is 0.318. The Kier molecular flexibility index (Phi) is 6.88. The van der Waals surface area contributed by atoms with Crippen molar-refractivity contribution in [3.8, 4) is 28.6 Å². The second kappa shape index (κ2) is 9.89. The van der Waals surface area contributed by atoms with Crippen LogP contribution in [0.25, 0.3) is 17.1 Å². The number of anilines is 1.